The average Bonchev–Trinajstić information content (AvgIpc) is 1.72. The van der Waals surface area contributed by atoms with Gasteiger partial charge in [0.25, 0.3) is 6.71 Å². The lowest BCUT2D eigenvalue weighted by Crippen LogP contribution is -2.61. The van der Waals surface area contributed by atoms with Gasteiger partial charge in [-0.05, 0) is 195 Å². The van der Waals surface area contributed by atoms with Gasteiger partial charge in [0.1, 0.15) is 0 Å². The zero-order valence-corrected chi connectivity index (χ0v) is 54.1. The topological polar surface area (TPSA) is 13.0 Å². The van der Waals surface area contributed by atoms with Crippen LogP contribution in [0.3, 0.4) is 0 Å². The Labute approximate surface area is 510 Å². The third kappa shape index (κ3) is 8.27. The minimum atomic E-state index is -0.169. The summed E-state index contributed by atoms with van der Waals surface area (Å²) in [6, 6.07) is 65.7. The van der Waals surface area contributed by atoms with Crippen LogP contribution in [0, 0.1) is 0 Å². The Morgan fingerprint density at radius 2 is 0.788 bits per heavy atom. The monoisotopic (exact) mass is 1120 g/mol. The van der Waals surface area contributed by atoms with Crippen LogP contribution >= 0.6 is 0 Å². The van der Waals surface area contributed by atoms with Crippen LogP contribution < -0.4 is 36.0 Å². The quantitative estimate of drug-likeness (QED) is 0.159. The van der Waals surface area contributed by atoms with E-state index in [9.17, 15) is 0 Å². The second-order valence-electron chi connectivity index (χ2n) is 31.7. The summed E-state index contributed by atoms with van der Waals surface area (Å²) >= 11 is 0. The molecule has 0 saturated heterocycles. The molecule has 4 aliphatic heterocycles. The van der Waals surface area contributed by atoms with E-state index >= 15 is 0 Å². The first kappa shape index (κ1) is 55.9. The summed E-state index contributed by atoms with van der Waals surface area (Å²) in [6.45, 7) is 38.7. The Balaban J connectivity index is 1.08. The Bertz CT molecular complexity index is 4000. The first-order valence-corrected chi connectivity index (χ1v) is 32.4. The maximum absolute atomic E-state index is 2.85. The molecule has 2 saturated carbocycles. The number of fused-ring (bicyclic) bond motifs is 10. The van der Waals surface area contributed by atoms with Crippen molar-refractivity contribution in [1.29, 1.82) is 0 Å². The maximum atomic E-state index is 2.85. The van der Waals surface area contributed by atoms with Gasteiger partial charge in [0.2, 0.25) is 0 Å². The van der Waals surface area contributed by atoms with Crippen LogP contribution in [0.4, 0.5) is 56.9 Å². The second kappa shape index (κ2) is 18.8. The summed E-state index contributed by atoms with van der Waals surface area (Å²) in [5.74, 6) is 0. The van der Waals surface area contributed by atoms with Crippen LogP contribution in [-0.2, 0) is 32.5 Å². The molecule has 0 N–H and O–H groups in total. The summed E-state index contributed by atoms with van der Waals surface area (Å²) in [7, 11) is 0. The van der Waals surface area contributed by atoms with Gasteiger partial charge in [-0.25, -0.2) is 0 Å². The van der Waals surface area contributed by atoms with E-state index in [1.165, 1.54) is 156 Å². The summed E-state index contributed by atoms with van der Waals surface area (Å²) < 4.78 is 0. The summed E-state index contributed by atoms with van der Waals surface area (Å²) in [6.07, 6.45) is 9.51. The molecule has 0 radical (unpaired) electrons. The van der Waals surface area contributed by atoms with Gasteiger partial charge in [0.15, 0.2) is 0 Å². The smallest absolute Gasteiger partial charge is 0.252 e. The van der Waals surface area contributed by atoms with Crippen LogP contribution in [0.2, 0.25) is 0 Å². The lowest BCUT2D eigenvalue weighted by molar-refractivity contribution is 0.195. The number of anilines is 10. The Hall–Kier alpha value is -6.98. The third-order valence-electron chi connectivity index (χ3n) is 22.6. The Morgan fingerprint density at radius 1 is 0.329 bits per heavy atom. The molecule has 2 aliphatic carbocycles. The first-order valence-electron chi connectivity index (χ1n) is 32.4. The highest BCUT2D eigenvalue weighted by atomic mass is 15.3. The summed E-state index contributed by atoms with van der Waals surface area (Å²) in [5.41, 5.74) is 27.3. The molecular weight excluding hydrogens is 1030 g/mol. The zero-order chi connectivity index (χ0) is 59.8. The van der Waals surface area contributed by atoms with Crippen molar-refractivity contribution in [3.63, 3.8) is 0 Å². The van der Waals surface area contributed by atoms with Crippen molar-refractivity contribution in [3.05, 3.63) is 197 Å². The maximum Gasteiger partial charge on any atom is 0.252 e. The molecular formula is C80H91BN4. The molecule has 0 spiro atoms. The van der Waals surface area contributed by atoms with Gasteiger partial charge in [0.05, 0.1) is 11.1 Å². The number of nitrogens with zero attached hydrogens (tertiary/aromatic N) is 4. The van der Waals surface area contributed by atoms with Gasteiger partial charge in [-0.3, -0.25) is 0 Å². The fraction of sp³-hybridized carbons (Fsp3) is 0.400. The molecule has 4 heterocycles. The molecule has 14 rings (SSSR count). The number of hydrogen-bond donors (Lipinski definition) is 0. The first-order chi connectivity index (χ1) is 40.1. The molecule has 0 bridgehead atoms. The molecule has 434 valence electrons. The third-order valence-corrected chi connectivity index (χ3v) is 22.6. The highest BCUT2D eigenvalue weighted by Gasteiger charge is 2.60. The zero-order valence-electron chi connectivity index (χ0n) is 54.1. The predicted molar refractivity (Wildman–Crippen MR) is 366 cm³/mol. The highest BCUT2D eigenvalue weighted by Crippen LogP contribution is 2.64. The molecule has 85 heavy (non-hydrogen) atoms. The lowest BCUT2D eigenvalue weighted by Gasteiger charge is -2.51. The SMILES string of the molecule is CC(C)(C)c1ccc(N2c3cc(N4c5ccc(-c6ccccc6)cc5C5(C)CCCCC45C)ccc3B3c4ccc(C(C)(C)C)cc4N(c4cccc(C(C)(C)C)c4)c4cc(N5c6ccc(C(C)(C)C)cc6C6(C)CCCCC56C)cc2c43)cc1. The van der Waals surface area contributed by atoms with Gasteiger partial charge in [-0.15, -0.1) is 0 Å². The normalized spacial score (nSPS) is 23.2. The number of benzene rings is 8. The van der Waals surface area contributed by atoms with Crippen molar-refractivity contribution >= 4 is 80.0 Å². The molecule has 8 aromatic rings. The minimum Gasteiger partial charge on any atom is -0.334 e. The van der Waals surface area contributed by atoms with E-state index in [-0.39, 0.29) is 50.3 Å². The van der Waals surface area contributed by atoms with E-state index in [1.807, 2.05) is 0 Å². The van der Waals surface area contributed by atoms with Gasteiger partial charge < -0.3 is 19.6 Å². The van der Waals surface area contributed by atoms with Crippen molar-refractivity contribution in [2.24, 2.45) is 0 Å². The second-order valence-corrected chi connectivity index (χ2v) is 31.7. The molecule has 6 aliphatic rings. The largest absolute Gasteiger partial charge is 0.334 e. The molecule has 2 fully saturated rings. The van der Waals surface area contributed by atoms with Crippen molar-refractivity contribution in [2.45, 2.75) is 206 Å². The van der Waals surface area contributed by atoms with Crippen molar-refractivity contribution < 1.29 is 0 Å². The molecule has 0 aromatic heterocycles. The molecule has 5 heteroatoms. The predicted octanol–water partition coefficient (Wildman–Crippen LogP) is 20.1. The number of rotatable bonds is 5. The Morgan fingerprint density at radius 3 is 1.39 bits per heavy atom. The van der Waals surface area contributed by atoms with Crippen LogP contribution in [0.15, 0.2) is 164 Å². The van der Waals surface area contributed by atoms with E-state index in [1.54, 1.807) is 0 Å². The van der Waals surface area contributed by atoms with Crippen molar-refractivity contribution in [1.82, 2.24) is 0 Å². The standard InChI is InChI=1S/C80H91BN4/c1-73(2,3)54-30-34-58(35-31-54)82-69-49-60(84-66-39-29-53(52-25-18-17-19-26-52)45-62(66)77(13)41-20-22-43-79(77,84)15)36-38-65(69)81-64-37-32-57(76(10,11)12)48-68(64)83(59-28-24-27-55(46-59)74(4,5)6)71-51-61(50-70(82)72(71)81)85-67-40-33-56(75(7,8)9)47-63(67)78(14)42-21-23-44-80(78,85)16/h17-19,24-40,45-51H,20-23,41-44H2,1-16H3. The summed E-state index contributed by atoms with van der Waals surface area (Å²) in [5, 5.41) is 0. The van der Waals surface area contributed by atoms with Gasteiger partial charge in [0, 0.05) is 67.7 Å². The van der Waals surface area contributed by atoms with Crippen LogP contribution in [0.1, 0.15) is 196 Å². The fourth-order valence-electron chi connectivity index (χ4n) is 17.0. The van der Waals surface area contributed by atoms with Crippen LogP contribution in [0.5, 0.6) is 0 Å². The molecule has 0 amide bonds. The van der Waals surface area contributed by atoms with Gasteiger partial charge in [-0.1, -0.05) is 214 Å². The van der Waals surface area contributed by atoms with Gasteiger partial charge >= 0.3 is 0 Å². The average molecular weight is 1120 g/mol. The van der Waals surface area contributed by atoms with Crippen LogP contribution in [-0.4, -0.2) is 17.8 Å². The van der Waals surface area contributed by atoms with E-state index in [0.717, 1.165) is 12.8 Å². The minimum absolute atomic E-state index is 0.00288. The van der Waals surface area contributed by atoms with E-state index in [0.29, 0.717) is 0 Å². The molecule has 4 unspecified atom stereocenters. The van der Waals surface area contributed by atoms with Crippen molar-refractivity contribution in [2.75, 3.05) is 19.6 Å². The van der Waals surface area contributed by atoms with E-state index < -0.39 is 0 Å². The highest BCUT2D eigenvalue weighted by molar-refractivity contribution is 7.00. The molecule has 4 nitrogen and oxygen atoms in total. The fourth-order valence-corrected chi connectivity index (χ4v) is 17.0. The van der Waals surface area contributed by atoms with E-state index in [2.05, 4.69) is 294 Å². The molecule has 8 aromatic carbocycles. The Kier molecular flexibility index (Phi) is 12.3. The van der Waals surface area contributed by atoms with E-state index in [4.69, 9.17) is 0 Å². The lowest BCUT2D eigenvalue weighted by atomic mass is 9.33. The molecule has 4 atom stereocenters. The number of hydrogen-bond acceptors (Lipinski definition) is 4. The van der Waals surface area contributed by atoms with Crippen molar-refractivity contribution in [3.8, 4) is 11.1 Å². The van der Waals surface area contributed by atoms with Gasteiger partial charge in [-0.2, -0.15) is 0 Å². The van der Waals surface area contributed by atoms with Crippen LogP contribution in [0.25, 0.3) is 11.1 Å². The summed E-state index contributed by atoms with van der Waals surface area (Å²) in [4.78, 5) is 11.1.